The van der Waals surface area contributed by atoms with Crippen molar-refractivity contribution in [1.82, 2.24) is 0 Å². The van der Waals surface area contributed by atoms with E-state index >= 15 is 0 Å². The van der Waals surface area contributed by atoms with Gasteiger partial charge in [-0.3, -0.25) is 0 Å². The summed E-state index contributed by atoms with van der Waals surface area (Å²) >= 11 is 0. The first-order valence-electron chi connectivity index (χ1n) is 6.61. The van der Waals surface area contributed by atoms with E-state index in [9.17, 15) is 4.79 Å². The lowest BCUT2D eigenvalue weighted by Crippen LogP contribution is -2.52. The molecule has 0 aromatic carbocycles. The summed E-state index contributed by atoms with van der Waals surface area (Å²) in [7, 11) is 1.10. The molecule has 0 atom stereocenters. The molecule has 0 aliphatic heterocycles. The summed E-state index contributed by atoms with van der Waals surface area (Å²) in [6, 6.07) is 0. The second-order valence-corrected chi connectivity index (χ2v) is 5.94. The van der Waals surface area contributed by atoms with Gasteiger partial charge in [0, 0.05) is 0 Å². The van der Waals surface area contributed by atoms with Crippen molar-refractivity contribution >= 4 is 12.3 Å². The number of hydrogen-bond acceptors (Lipinski definition) is 4. The molecule has 4 aliphatic carbocycles. The van der Waals surface area contributed by atoms with Crippen LogP contribution in [0, 0.1) is 17.8 Å². The van der Waals surface area contributed by atoms with Gasteiger partial charge in [0.2, 0.25) is 0 Å². The predicted octanol–water partition coefficient (Wildman–Crippen LogP) is 2.96. The average Bonchev–Trinajstić information content (AvgIpc) is 2.25. The first-order valence-corrected chi connectivity index (χ1v) is 6.61. The molecule has 4 fully saturated rings. The zero-order valence-corrected chi connectivity index (χ0v) is 11.0. The molecule has 19 heavy (non-hydrogen) atoms. The third kappa shape index (κ3) is 3.30. The van der Waals surface area contributed by atoms with Crippen LogP contribution in [0.25, 0.3) is 0 Å². The highest BCUT2D eigenvalue weighted by atomic mass is 16.7. The van der Waals surface area contributed by atoms with Gasteiger partial charge >= 0.3 is 12.3 Å². The minimum Gasteiger partial charge on any atom is -0.450 e. The van der Waals surface area contributed by atoms with Crippen LogP contribution in [0.15, 0.2) is 0 Å². The van der Waals surface area contributed by atoms with Crippen LogP contribution in [0.5, 0.6) is 0 Å². The molecule has 0 unspecified atom stereocenters. The zero-order valence-electron chi connectivity index (χ0n) is 11.0. The molecule has 0 radical (unpaired) electrons. The lowest BCUT2D eigenvalue weighted by Gasteiger charge is -2.55. The number of hydrogen-bond donors (Lipinski definition) is 2. The number of carboxylic acid groups (broad SMARTS) is 2. The molecule has 0 amide bonds. The van der Waals surface area contributed by atoms with Crippen LogP contribution in [-0.4, -0.2) is 35.2 Å². The Morgan fingerprint density at radius 1 is 0.947 bits per heavy atom. The molecular weight excluding hydrogens is 252 g/mol. The zero-order chi connectivity index (χ0) is 14.0. The average molecular weight is 272 g/mol. The van der Waals surface area contributed by atoms with Gasteiger partial charge in [0.05, 0.1) is 7.11 Å². The summed E-state index contributed by atoms with van der Waals surface area (Å²) in [6.45, 7) is 0. The van der Waals surface area contributed by atoms with Gasteiger partial charge in [-0.1, -0.05) is 0 Å². The van der Waals surface area contributed by atoms with E-state index in [4.69, 9.17) is 19.7 Å². The highest BCUT2D eigenvalue weighted by molar-refractivity contribution is 5.57. The quantitative estimate of drug-likeness (QED) is 0.713. The van der Waals surface area contributed by atoms with Gasteiger partial charge in [-0.25, -0.2) is 9.59 Å². The summed E-state index contributed by atoms with van der Waals surface area (Å²) < 4.78 is 8.83. The Kier molecular flexibility index (Phi) is 3.87. The van der Waals surface area contributed by atoms with Crippen molar-refractivity contribution in [3.8, 4) is 0 Å². The minimum absolute atomic E-state index is 0.277. The van der Waals surface area contributed by atoms with Crippen molar-refractivity contribution < 1.29 is 29.3 Å². The van der Waals surface area contributed by atoms with E-state index in [-0.39, 0.29) is 5.60 Å². The highest BCUT2D eigenvalue weighted by Crippen LogP contribution is 2.57. The van der Waals surface area contributed by atoms with Crippen molar-refractivity contribution in [1.29, 1.82) is 0 Å². The first kappa shape index (κ1) is 14.0. The Morgan fingerprint density at radius 3 is 1.58 bits per heavy atom. The van der Waals surface area contributed by atoms with Crippen LogP contribution in [0.3, 0.4) is 0 Å². The van der Waals surface area contributed by atoms with Crippen LogP contribution in [0.2, 0.25) is 0 Å². The van der Waals surface area contributed by atoms with Gasteiger partial charge < -0.3 is 19.7 Å². The largest absolute Gasteiger partial charge is 0.506 e. The molecule has 4 saturated carbocycles. The molecule has 4 aliphatic rings. The fourth-order valence-electron chi connectivity index (χ4n) is 4.34. The molecule has 2 N–H and O–H groups in total. The summed E-state index contributed by atoms with van der Waals surface area (Å²) in [5.74, 6) is 2.25. The Labute approximate surface area is 111 Å². The van der Waals surface area contributed by atoms with Crippen molar-refractivity contribution in [2.45, 2.75) is 44.1 Å². The summed E-state index contributed by atoms with van der Waals surface area (Å²) in [5, 5.41) is 16.3. The van der Waals surface area contributed by atoms with Crippen LogP contribution in [0.4, 0.5) is 9.59 Å². The van der Waals surface area contributed by atoms with E-state index in [0.717, 1.165) is 44.1 Å². The van der Waals surface area contributed by atoms with E-state index in [0.29, 0.717) is 0 Å². The molecule has 108 valence electrons. The molecule has 0 aromatic heterocycles. The third-order valence-corrected chi connectivity index (χ3v) is 4.46. The van der Waals surface area contributed by atoms with Crippen molar-refractivity contribution in [3.05, 3.63) is 0 Å². The predicted molar refractivity (Wildman–Crippen MR) is 65.0 cm³/mol. The third-order valence-electron chi connectivity index (χ3n) is 4.46. The van der Waals surface area contributed by atoms with Crippen molar-refractivity contribution in [2.75, 3.05) is 7.11 Å². The monoisotopic (exact) mass is 272 g/mol. The van der Waals surface area contributed by atoms with Gasteiger partial charge in [0.25, 0.3) is 0 Å². The van der Waals surface area contributed by atoms with Crippen LogP contribution >= 0.6 is 0 Å². The van der Waals surface area contributed by atoms with Gasteiger partial charge in [0.15, 0.2) is 0 Å². The van der Waals surface area contributed by atoms with E-state index < -0.39 is 12.3 Å². The maximum absolute atomic E-state index is 10.7. The molecule has 0 heterocycles. The lowest BCUT2D eigenvalue weighted by molar-refractivity contribution is -0.137. The Hall–Kier alpha value is -1.46. The van der Waals surface area contributed by atoms with Gasteiger partial charge in [-0.05, 0) is 56.3 Å². The maximum atomic E-state index is 10.7. The molecule has 6 nitrogen and oxygen atoms in total. The number of rotatable bonds is 1. The summed E-state index contributed by atoms with van der Waals surface area (Å²) in [5.41, 5.74) is -0.277. The van der Waals surface area contributed by atoms with Crippen LogP contribution in [0.1, 0.15) is 38.5 Å². The second-order valence-electron chi connectivity index (χ2n) is 5.94. The SMILES string of the molecule is COC(=O)O.O=C(O)OC12CC3CC(CC(C3)C1)C2. The molecule has 6 heteroatoms. The number of carbonyl (C=O) groups is 2. The standard InChI is InChI=1S/C11H16O3.C2H4O3/c12-10(13)14-11-4-7-1-8(5-11)3-9(2-7)6-11;1-5-2(3)4/h7-9H,1-6H2,(H,12,13);1H3,(H,3,4). The number of ether oxygens (including phenoxy) is 2. The van der Waals surface area contributed by atoms with Crippen molar-refractivity contribution in [3.63, 3.8) is 0 Å². The molecular formula is C13H20O6. The van der Waals surface area contributed by atoms with Gasteiger partial charge in [-0.2, -0.15) is 0 Å². The van der Waals surface area contributed by atoms with E-state index in [1.807, 2.05) is 0 Å². The summed E-state index contributed by atoms with van der Waals surface area (Å²) in [4.78, 5) is 19.8. The highest BCUT2D eigenvalue weighted by Gasteiger charge is 2.53. The molecule has 4 bridgehead atoms. The van der Waals surface area contributed by atoms with Crippen molar-refractivity contribution in [2.24, 2.45) is 17.8 Å². The van der Waals surface area contributed by atoms with E-state index in [1.54, 1.807) is 0 Å². The van der Waals surface area contributed by atoms with Gasteiger partial charge in [-0.15, -0.1) is 0 Å². The normalized spacial score (nSPS) is 38.1. The summed E-state index contributed by atoms with van der Waals surface area (Å²) in [6.07, 6.45) is 4.62. The topological polar surface area (TPSA) is 93.1 Å². The minimum atomic E-state index is -1.25. The smallest absolute Gasteiger partial charge is 0.450 e. The van der Waals surface area contributed by atoms with E-state index in [2.05, 4.69) is 4.74 Å². The van der Waals surface area contributed by atoms with Gasteiger partial charge in [0.1, 0.15) is 5.60 Å². The fraction of sp³-hybridized carbons (Fsp3) is 0.846. The molecule has 0 aromatic rings. The van der Waals surface area contributed by atoms with Crippen LogP contribution in [-0.2, 0) is 9.47 Å². The van der Waals surface area contributed by atoms with Crippen LogP contribution < -0.4 is 0 Å². The second kappa shape index (κ2) is 5.27. The Balaban J connectivity index is 0.000000232. The lowest BCUT2D eigenvalue weighted by atomic mass is 9.54. The Morgan fingerprint density at radius 2 is 1.32 bits per heavy atom. The van der Waals surface area contributed by atoms with E-state index in [1.165, 1.54) is 19.3 Å². The fourth-order valence-corrected chi connectivity index (χ4v) is 4.34. The molecule has 4 rings (SSSR count). The maximum Gasteiger partial charge on any atom is 0.506 e. The molecule has 0 saturated heterocycles. The first-order chi connectivity index (χ1) is 8.92. The Bertz CT molecular complexity index is 329. The molecule has 0 spiro atoms. The number of methoxy groups -OCH3 is 1.